The lowest BCUT2D eigenvalue weighted by Crippen LogP contribution is -2.49. The topological polar surface area (TPSA) is 111 Å². The average molecular weight is 423 g/mol. The predicted molar refractivity (Wildman–Crippen MR) is 101 cm³/mol. The van der Waals surface area contributed by atoms with Crippen LogP contribution in [0.4, 0.5) is 18.0 Å². The summed E-state index contributed by atoms with van der Waals surface area (Å²) in [4.78, 5) is 35.2. The Labute approximate surface area is 170 Å². The molecule has 1 atom stereocenters. The van der Waals surface area contributed by atoms with E-state index >= 15 is 0 Å². The number of hydrogen-bond acceptors (Lipinski definition) is 4. The first-order valence-electron chi connectivity index (χ1n) is 8.84. The molecule has 4 N–H and O–H groups in total. The van der Waals surface area contributed by atoms with E-state index in [1.807, 2.05) is 6.07 Å². The molecule has 0 aliphatic carbocycles. The van der Waals surface area contributed by atoms with E-state index in [2.05, 4.69) is 10.6 Å². The van der Waals surface area contributed by atoms with E-state index < -0.39 is 42.2 Å². The minimum absolute atomic E-state index is 0.00769. The lowest BCUT2D eigenvalue weighted by Gasteiger charge is -2.17. The molecule has 0 spiro atoms. The fourth-order valence-corrected chi connectivity index (χ4v) is 2.51. The number of amides is 3. The molecule has 2 aromatic rings. The fraction of sp³-hybridized carbons (Fsp3) is 0.250. The van der Waals surface area contributed by atoms with Gasteiger partial charge in [0.1, 0.15) is 19.2 Å². The number of carbonyl (C=O) groups is 3. The third-order valence-electron chi connectivity index (χ3n) is 3.98. The van der Waals surface area contributed by atoms with Gasteiger partial charge >= 0.3 is 12.3 Å². The van der Waals surface area contributed by atoms with E-state index in [0.717, 1.165) is 17.7 Å². The molecule has 0 fully saturated rings. The summed E-state index contributed by atoms with van der Waals surface area (Å²) in [6, 6.07) is 12.0. The van der Waals surface area contributed by atoms with Gasteiger partial charge in [0.05, 0.1) is 5.56 Å². The summed E-state index contributed by atoms with van der Waals surface area (Å²) >= 11 is 0. The van der Waals surface area contributed by atoms with Crippen molar-refractivity contribution >= 4 is 17.9 Å². The van der Waals surface area contributed by atoms with Crippen LogP contribution in [-0.4, -0.2) is 30.5 Å². The molecule has 0 aliphatic rings. The van der Waals surface area contributed by atoms with Gasteiger partial charge in [0.25, 0.3) is 0 Å². The maximum absolute atomic E-state index is 12.8. The van der Waals surface area contributed by atoms with Crippen molar-refractivity contribution in [3.63, 3.8) is 0 Å². The quantitative estimate of drug-likeness (QED) is 0.604. The number of carbonyl (C=O) groups excluding carboxylic acids is 3. The zero-order valence-corrected chi connectivity index (χ0v) is 15.7. The second-order valence-corrected chi connectivity index (χ2v) is 6.34. The molecular formula is C20H20F3N3O4. The minimum Gasteiger partial charge on any atom is -0.445 e. The summed E-state index contributed by atoms with van der Waals surface area (Å²) in [6.45, 7) is -0.492. The Bertz CT molecular complexity index is 888. The Hall–Kier alpha value is -3.56. The van der Waals surface area contributed by atoms with Gasteiger partial charge in [-0.3, -0.25) is 9.59 Å². The van der Waals surface area contributed by atoms with Gasteiger partial charge in [-0.05, 0) is 17.2 Å². The summed E-state index contributed by atoms with van der Waals surface area (Å²) in [5.41, 5.74) is 5.29. The number of nitrogens with two attached hydrogens (primary N) is 1. The molecule has 30 heavy (non-hydrogen) atoms. The van der Waals surface area contributed by atoms with E-state index in [1.54, 1.807) is 24.3 Å². The van der Waals surface area contributed by atoms with Crippen LogP contribution in [0, 0.1) is 0 Å². The molecule has 0 radical (unpaired) electrons. The minimum atomic E-state index is -4.54. The van der Waals surface area contributed by atoms with Gasteiger partial charge in [-0.2, -0.15) is 13.2 Å². The summed E-state index contributed by atoms with van der Waals surface area (Å²) in [7, 11) is 0. The Morgan fingerprint density at radius 3 is 2.30 bits per heavy atom. The predicted octanol–water partition coefficient (Wildman–Crippen LogP) is 2.14. The molecule has 0 unspecified atom stereocenters. The molecule has 0 saturated heterocycles. The SMILES string of the molecule is NC(=O)[C@H](Cc1cccc(C(F)(F)F)c1)NC(=O)CNC(=O)OCc1ccccc1. The van der Waals surface area contributed by atoms with Crippen molar-refractivity contribution in [3.05, 3.63) is 71.3 Å². The molecule has 0 aliphatic heterocycles. The lowest BCUT2D eigenvalue weighted by molar-refractivity contribution is -0.137. The van der Waals surface area contributed by atoms with E-state index in [4.69, 9.17) is 10.5 Å². The number of rotatable bonds is 8. The van der Waals surface area contributed by atoms with E-state index in [0.29, 0.717) is 0 Å². The number of alkyl halides is 3. The number of nitrogens with one attached hydrogen (secondary N) is 2. The number of ether oxygens (including phenoxy) is 1. The van der Waals surface area contributed by atoms with Crippen LogP contribution in [0.3, 0.4) is 0 Å². The Morgan fingerprint density at radius 2 is 1.67 bits per heavy atom. The monoisotopic (exact) mass is 423 g/mol. The van der Waals surface area contributed by atoms with Crippen LogP contribution in [0.15, 0.2) is 54.6 Å². The van der Waals surface area contributed by atoms with Crippen molar-refractivity contribution in [2.75, 3.05) is 6.54 Å². The van der Waals surface area contributed by atoms with Crippen LogP contribution in [-0.2, 0) is 33.5 Å². The lowest BCUT2D eigenvalue weighted by atomic mass is 10.0. The van der Waals surface area contributed by atoms with Gasteiger partial charge in [0, 0.05) is 6.42 Å². The molecule has 0 heterocycles. The van der Waals surface area contributed by atoms with Crippen LogP contribution in [0.25, 0.3) is 0 Å². The van der Waals surface area contributed by atoms with Crippen molar-refractivity contribution in [1.29, 1.82) is 0 Å². The number of benzene rings is 2. The highest BCUT2D eigenvalue weighted by molar-refractivity contribution is 5.88. The van der Waals surface area contributed by atoms with E-state index in [9.17, 15) is 27.6 Å². The molecule has 2 rings (SSSR count). The van der Waals surface area contributed by atoms with Crippen LogP contribution in [0.2, 0.25) is 0 Å². The molecule has 7 nitrogen and oxygen atoms in total. The zero-order valence-electron chi connectivity index (χ0n) is 15.7. The standard InChI is InChI=1S/C20H20F3N3O4/c21-20(22,23)15-8-4-7-14(9-15)10-16(18(24)28)26-17(27)11-25-19(29)30-12-13-5-2-1-3-6-13/h1-9,16H,10-12H2,(H2,24,28)(H,25,29)(H,26,27)/t16-/m0/s1. The van der Waals surface area contributed by atoms with Gasteiger partial charge < -0.3 is 21.1 Å². The highest BCUT2D eigenvalue weighted by Crippen LogP contribution is 2.29. The maximum Gasteiger partial charge on any atom is 0.416 e. The molecule has 2 aromatic carbocycles. The van der Waals surface area contributed by atoms with Crippen molar-refractivity contribution in [2.45, 2.75) is 25.2 Å². The van der Waals surface area contributed by atoms with E-state index in [-0.39, 0.29) is 18.6 Å². The largest absolute Gasteiger partial charge is 0.445 e. The zero-order chi connectivity index (χ0) is 22.1. The smallest absolute Gasteiger partial charge is 0.416 e. The highest BCUT2D eigenvalue weighted by atomic mass is 19.4. The highest BCUT2D eigenvalue weighted by Gasteiger charge is 2.30. The first kappa shape index (κ1) is 22.7. The summed E-state index contributed by atoms with van der Waals surface area (Å²) in [5.74, 6) is -1.67. The van der Waals surface area contributed by atoms with Gasteiger partial charge in [-0.25, -0.2) is 4.79 Å². The van der Waals surface area contributed by atoms with E-state index in [1.165, 1.54) is 12.1 Å². The fourth-order valence-electron chi connectivity index (χ4n) is 2.51. The second-order valence-electron chi connectivity index (χ2n) is 6.34. The van der Waals surface area contributed by atoms with Crippen molar-refractivity contribution < 1.29 is 32.3 Å². The van der Waals surface area contributed by atoms with Crippen molar-refractivity contribution in [1.82, 2.24) is 10.6 Å². The first-order chi connectivity index (χ1) is 14.1. The van der Waals surface area contributed by atoms with Gasteiger partial charge in [-0.15, -0.1) is 0 Å². The van der Waals surface area contributed by atoms with Crippen LogP contribution < -0.4 is 16.4 Å². The van der Waals surface area contributed by atoms with Crippen LogP contribution in [0.5, 0.6) is 0 Å². The Kier molecular flexibility index (Phi) is 7.79. The molecule has 0 saturated carbocycles. The third kappa shape index (κ3) is 7.46. The van der Waals surface area contributed by atoms with Gasteiger partial charge in [0.2, 0.25) is 11.8 Å². The molecule has 3 amide bonds. The number of primary amides is 1. The van der Waals surface area contributed by atoms with Gasteiger partial charge in [0.15, 0.2) is 0 Å². The maximum atomic E-state index is 12.8. The molecule has 0 aromatic heterocycles. The van der Waals surface area contributed by atoms with Crippen molar-refractivity contribution in [2.24, 2.45) is 5.73 Å². The molecular weight excluding hydrogens is 403 g/mol. The normalized spacial score (nSPS) is 12.0. The molecule has 10 heteroatoms. The Morgan fingerprint density at radius 1 is 1.00 bits per heavy atom. The number of alkyl carbamates (subject to hydrolysis) is 1. The van der Waals surface area contributed by atoms with Crippen LogP contribution >= 0.6 is 0 Å². The number of hydrogen-bond donors (Lipinski definition) is 3. The van der Waals surface area contributed by atoms with Crippen molar-refractivity contribution in [3.8, 4) is 0 Å². The molecule has 0 bridgehead atoms. The third-order valence-corrected chi connectivity index (χ3v) is 3.98. The van der Waals surface area contributed by atoms with Gasteiger partial charge in [-0.1, -0.05) is 48.5 Å². The van der Waals surface area contributed by atoms with Crippen LogP contribution in [0.1, 0.15) is 16.7 Å². The summed E-state index contributed by atoms with van der Waals surface area (Å²) in [6.07, 6.45) is -5.61. The summed E-state index contributed by atoms with van der Waals surface area (Å²) < 4.78 is 43.4. The summed E-state index contributed by atoms with van der Waals surface area (Å²) in [5, 5.41) is 4.50. The average Bonchev–Trinajstić information content (AvgIpc) is 2.70. The number of halogens is 3. The molecule has 160 valence electrons. The second kappa shape index (κ2) is 10.3. The first-order valence-corrected chi connectivity index (χ1v) is 8.84. The Balaban J connectivity index is 1.85.